The van der Waals surface area contributed by atoms with Gasteiger partial charge in [-0.1, -0.05) is 0 Å². The fourth-order valence-electron chi connectivity index (χ4n) is 1.27. The van der Waals surface area contributed by atoms with Crippen LogP contribution in [0, 0.1) is 0 Å². The van der Waals surface area contributed by atoms with Crippen LogP contribution in [-0.4, -0.2) is 23.8 Å². The molecular weight excluding hydrogens is 176 g/mol. The molecule has 3 heteroatoms. The lowest BCUT2D eigenvalue weighted by Gasteiger charge is -2.07. The summed E-state index contributed by atoms with van der Waals surface area (Å²) in [5, 5.41) is 3.33. The SMILES string of the molecule is CC(C)OCCNCc1ccn(C)c1. The molecule has 0 unspecified atom stereocenters. The molecule has 3 nitrogen and oxygen atoms in total. The van der Waals surface area contributed by atoms with Crippen LogP contribution in [-0.2, 0) is 18.3 Å². The van der Waals surface area contributed by atoms with E-state index in [0.29, 0.717) is 6.10 Å². The van der Waals surface area contributed by atoms with Gasteiger partial charge in [0.2, 0.25) is 0 Å². The first kappa shape index (κ1) is 11.3. The minimum atomic E-state index is 0.327. The monoisotopic (exact) mass is 196 g/mol. The van der Waals surface area contributed by atoms with E-state index in [1.807, 2.05) is 7.05 Å². The van der Waals surface area contributed by atoms with Crippen molar-refractivity contribution in [3.8, 4) is 0 Å². The topological polar surface area (TPSA) is 26.2 Å². The Balaban J connectivity index is 2.04. The second-order valence-electron chi connectivity index (χ2n) is 3.78. The molecule has 1 rings (SSSR count). The first-order valence-electron chi connectivity index (χ1n) is 5.11. The molecule has 14 heavy (non-hydrogen) atoms. The van der Waals surface area contributed by atoms with Crippen LogP contribution in [0.15, 0.2) is 18.5 Å². The standard InChI is InChI=1S/C11H20N2O/c1-10(2)14-7-5-12-8-11-4-6-13(3)9-11/h4,6,9-10,12H,5,7-8H2,1-3H3. The number of rotatable bonds is 6. The quantitative estimate of drug-likeness (QED) is 0.698. The first-order chi connectivity index (χ1) is 6.68. The highest BCUT2D eigenvalue weighted by molar-refractivity contribution is 5.09. The van der Waals surface area contributed by atoms with Crippen molar-refractivity contribution in [3.05, 3.63) is 24.0 Å². The van der Waals surface area contributed by atoms with E-state index in [0.717, 1.165) is 19.7 Å². The number of hydrogen-bond acceptors (Lipinski definition) is 2. The number of aromatic nitrogens is 1. The summed E-state index contributed by atoms with van der Waals surface area (Å²) in [7, 11) is 2.03. The van der Waals surface area contributed by atoms with E-state index in [-0.39, 0.29) is 0 Å². The van der Waals surface area contributed by atoms with Crippen LogP contribution in [0.5, 0.6) is 0 Å². The fraction of sp³-hybridized carbons (Fsp3) is 0.636. The van der Waals surface area contributed by atoms with Crippen LogP contribution in [0.2, 0.25) is 0 Å². The molecule has 0 spiro atoms. The third-order valence-corrected chi connectivity index (χ3v) is 1.95. The molecule has 0 radical (unpaired) electrons. The molecule has 0 aromatic carbocycles. The molecule has 0 aliphatic heterocycles. The van der Waals surface area contributed by atoms with Crippen molar-refractivity contribution >= 4 is 0 Å². The van der Waals surface area contributed by atoms with Crippen LogP contribution in [0.3, 0.4) is 0 Å². The molecule has 0 aliphatic carbocycles. The molecule has 0 saturated carbocycles. The molecule has 0 aliphatic rings. The van der Waals surface area contributed by atoms with Gasteiger partial charge in [-0.05, 0) is 25.5 Å². The van der Waals surface area contributed by atoms with Crippen molar-refractivity contribution in [3.63, 3.8) is 0 Å². The maximum absolute atomic E-state index is 5.42. The number of nitrogens with one attached hydrogen (secondary N) is 1. The number of ether oxygens (including phenoxy) is 1. The minimum Gasteiger partial charge on any atom is -0.377 e. The van der Waals surface area contributed by atoms with Gasteiger partial charge < -0.3 is 14.6 Å². The summed E-state index contributed by atoms with van der Waals surface area (Å²) >= 11 is 0. The Bertz CT molecular complexity index is 256. The Labute approximate surface area is 86.1 Å². The molecule has 0 fully saturated rings. The van der Waals surface area contributed by atoms with Crippen molar-refractivity contribution in [2.45, 2.75) is 26.5 Å². The van der Waals surface area contributed by atoms with E-state index < -0.39 is 0 Å². The zero-order chi connectivity index (χ0) is 10.4. The summed E-state index contributed by atoms with van der Waals surface area (Å²) in [4.78, 5) is 0. The number of nitrogens with zero attached hydrogens (tertiary/aromatic N) is 1. The van der Waals surface area contributed by atoms with Gasteiger partial charge in [0.15, 0.2) is 0 Å². The van der Waals surface area contributed by atoms with Gasteiger partial charge >= 0.3 is 0 Å². The number of hydrogen-bond donors (Lipinski definition) is 1. The van der Waals surface area contributed by atoms with E-state index in [2.05, 4.69) is 42.2 Å². The van der Waals surface area contributed by atoms with Crippen LogP contribution < -0.4 is 5.32 Å². The smallest absolute Gasteiger partial charge is 0.0594 e. The third-order valence-electron chi connectivity index (χ3n) is 1.95. The Kier molecular flexibility index (Phi) is 4.70. The second kappa shape index (κ2) is 5.83. The molecular formula is C11H20N2O. The zero-order valence-electron chi connectivity index (χ0n) is 9.29. The fourth-order valence-corrected chi connectivity index (χ4v) is 1.27. The van der Waals surface area contributed by atoms with Gasteiger partial charge in [0.1, 0.15) is 0 Å². The van der Waals surface area contributed by atoms with Crippen LogP contribution in [0.4, 0.5) is 0 Å². The highest BCUT2D eigenvalue weighted by atomic mass is 16.5. The van der Waals surface area contributed by atoms with E-state index >= 15 is 0 Å². The Morgan fingerprint density at radius 3 is 2.86 bits per heavy atom. The number of aryl methyl sites for hydroxylation is 1. The Hall–Kier alpha value is -0.800. The molecule has 1 N–H and O–H groups in total. The zero-order valence-corrected chi connectivity index (χ0v) is 9.29. The molecule has 0 bridgehead atoms. The van der Waals surface area contributed by atoms with Gasteiger partial charge in [0.25, 0.3) is 0 Å². The lowest BCUT2D eigenvalue weighted by Crippen LogP contribution is -2.20. The van der Waals surface area contributed by atoms with E-state index in [4.69, 9.17) is 4.74 Å². The average molecular weight is 196 g/mol. The molecule has 0 atom stereocenters. The summed E-state index contributed by atoms with van der Waals surface area (Å²) in [6, 6.07) is 2.12. The van der Waals surface area contributed by atoms with Gasteiger partial charge in [-0.3, -0.25) is 0 Å². The van der Waals surface area contributed by atoms with Crippen LogP contribution in [0.1, 0.15) is 19.4 Å². The van der Waals surface area contributed by atoms with Gasteiger partial charge in [-0.25, -0.2) is 0 Å². The van der Waals surface area contributed by atoms with Crippen molar-refractivity contribution in [2.24, 2.45) is 7.05 Å². The van der Waals surface area contributed by atoms with Gasteiger partial charge in [-0.2, -0.15) is 0 Å². The lowest BCUT2D eigenvalue weighted by molar-refractivity contribution is 0.0807. The van der Waals surface area contributed by atoms with Gasteiger partial charge in [0.05, 0.1) is 12.7 Å². The predicted molar refractivity (Wildman–Crippen MR) is 58.2 cm³/mol. The van der Waals surface area contributed by atoms with Gasteiger partial charge in [-0.15, -0.1) is 0 Å². The minimum absolute atomic E-state index is 0.327. The molecule has 0 amide bonds. The van der Waals surface area contributed by atoms with Crippen molar-refractivity contribution in [1.29, 1.82) is 0 Å². The Morgan fingerprint density at radius 2 is 2.29 bits per heavy atom. The average Bonchev–Trinajstić information content (AvgIpc) is 2.50. The van der Waals surface area contributed by atoms with Crippen molar-refractivity contribution < 1.29 is 4.74 Å². The summed E-state index contributed by atoms with van der Waals surface area (Å²) < 4.78 is 7.47. The third kappa shape index (κ3) is 4.44. The first-order valence-corrected chi connectivity index (χ1v) is 5.11. The predicted octanol–water partition coefficient (Wildman–Crippen LogP) is 1.54. The van der Waals surface area contributed by atoms with E-state index in [1.54, 1.807) is 0 Å². The van der Waals surface area contributed by atoms with Gasteiger partial charge in [0, 0.05) is 32.5 Å². The maximum atomic E-state index is 5.42. The van der Waals surface area contributed by atoms with Crippen LogP contribution in [0.25, 0.3) is 0 Å². The molecule has 0 saturated heterocycles. The van der Waals surface area contributed by atoms with E-state index in [1.165, 1.54) is 5.56 Å². The Morgan fingerprint density at radius 1 is 1.50 bits per heavy atom. The van der Waals surface area contributed by atoms with Crippen molar-refractivity contribution in [1.82, 2.24) is 9.88 Å². The normalized spacial score (nSPS) is 11.1. The maximum Gasteiger partial charge on any atom is 0.0594 e. The lowest BCUT2D eigenvalue weighted by atomic mass is 10.3. The summed E-state index contributed by atoms with van der Waals surface area (Å²) in [6.45, 7) is 6.72. The molecule has 1 aromatic rings. The largest absolute Gasteiger partial charge is 0.377 e. The molecule has 1 aromatic heterocycles. The summed E-state index contributed by atoms with van der Waals surface area (Å²) in [5.41, 5.74) is 1.32. The highest BCUT2D eigenvalue weighted by Crippen LogP contribution is 1.97. The van der Waals surface area contributed by atoms with Crippen molar-refractivity contribution in [2.75, 3.05) is 13.2 Å². The summed E-state index contributed by atoms with van der Waals surface area (Å²) in [6.07, 6.45) is 4.51. The van der Waals surface area contributed by atoms with E-state index in [9.17, 15) is 0 Å². The highest BCUT2D eigenvalue weighted by Gasteiger charge is 1.95. The second-order valence-corrected chi connectivity index (χ2v) is 3.78. The molecule has 1 heterocycles. The summed E-state index contributed by atoms with van der Waals surface area (Å²) in [5.74, 6) is 0. The molecule has 80 valence electrons. The van der Waals surface area contributed by atoms with Crippen LogP contribution >= 0.6 is 0 Å².